The molecule has 0 saturated carbocycles. The fourth-order valence-corrected chi connectivity index (χ4v) is 2.51. The zero-order valence-corrected chi connectivity index (χ0v) is 10.1. The second kappa shape index (κ2) is 5.04. The molecule has 1 aromatic rings. The monoisotopic (exact) mass is 277 g/mol. The predicted octanol–water partition coefficient (Wildman–Crippen LogP) is 2.14. The van der Waals surface area contributed by atoms with E-state index in [-0.39, 0.29) is 0 Å². The van der Waals surface area contributed by atoms with Gasteiger partial charge in [-0.15, -0.1) is 10.2 Å². The lowest BCUT2D eigenvalue weighted by atomic mass is 10.1. The van der Waals surface area contributed by atoms with Crippen LogP contribution >= 0.6 is 27.3 Å². The van der Waals surface area contributed by atoms with Crippen molar-refractivity contribution in [3.63, 3.8) is 0 Å². The van der Waals surface area contributed by atoms with Crippen LogP contribution in [0.15, 0.2) is 3.92 Å². The first-order chi connectivity index (χ1) is 6.84. The zero-order valence-electron chi connectivity index (χ0n) is 7.70. The van der Waals surface area contributed by atoms with Crippen LogP contribution in [0.1, 0.15) is 12.8 Å². The molecule has 0 aliphatic carbocycles. The summed E-state index contributed by atoms with van der Waals surface area (Å²) < 4.78 is 6.13. The Morgan fingerprint density at radius 2 is 2.50 bits per heavy atom. The first-order valence-electron chi connectivity index (χ1n) is 4.65. The summed E-state index contributed by atoms with van der Waals surface area (Å²) in [5.41, 5.74) is 0. The van der Waals surface area contributed by atoms with Crippen LogP contribution in [0.3, 0.4) is 0 Å². The Morgan fingerprint density at radius 1 is 1.57 bits per heavy atom. The van der Waals surface area contributed by atoms with Crippen molar-refractivity contribution in [2.24, 2.45) is 5.92 Å². The van der Waals surface area contributed by atoms with Gasteiger partial charge in [-0.2, -0.15) is 0 Å². The van der Waals surface area contributed by atoms with Gasteiger partial charge >= 0.3 is 0 Å². The van der Waals surface area contributed by atoms with Crippen LogP contribution in [0.4, 0.5) is 5.13 Å². The van der Waals surface area contributed by atoms with Crippen LogP contribution in [0.25, 0.3) is 0 Å². The third-order valence-electron chi connectivity index (χ3n) is 2.25. The zero-order chi connectivity index (χ0) is 9.80. The van der Waals surface area contributed by atoms with E-state index in [1.807, 2.05) is 0 Å². The van der Waals surface area contributed by atoms with Crippen molar-refractivity contribution in [3.8, 4) is 0 Å². The summed E-state index contributed by atoms with van der Waals surface area (Å²) in [7, 11) is 0. The van der Waals surface area contributed by atoms with Crippen LogP contribution in [-0.4, -0.2) is 30.0 Å². The number of nitrogens with zero attached hydrogens (tertiary/aromatic N) is 2. The Balaban J connectivity index is 1.67. The first-order valence-corrected chi connectivity index (χ1v) is 6.26. The van der Waals surface area contributed by atoms with E-state index in [1.54, 1.807) is 0 Å². The van der Waals surface area contributed by atoms with Gasteiger partial charge in [-0.05, 0) is 34.7 Å². The molecule has 0 spiro atoms. The van der Waals surface area contributed by atoms with Crippen LogP contribution in [0, 0.1) is 5.92 Å². The topological polar surface area (TPSA) is 47.0 Å². The molecule has 2 rings (SSSR count). The van der Waals surface area contributed by atoms with Crippen molar-refractivity contribution in [2.75, 3.05) is 25.1 Å². The highest BCUT2D eigenvalue weighted by Crippen LogP contribution is 2.21. The molecule has 0 radical (unpaired) electrons. The minimum atomic E-state index is 0.721. The number of halogens is 1. The third-order valence-corrected chi connectivity index (χ3v) is 3.57. The highest BCUT2D eigenvalue weighted by atomic mass is 79.9. The Kier molecular flexibility index (Phi) is 3.72. The van der Waals surface area contributed by atoms with E-state index in [0.717, 1.165) is 41.1 Å². The van der Waals surface area contributed by atoms with Gasteiger partial charge in [-0.3, -0.25) is 0 Å². The Hall–Kier alpha value is -0.200. The number of hydrogen-bond acceptors (Lipinski definition) is 5. The summed E-state index contributed by atoms with van der Waals surface area (Å²) in [6.07, 6.45) is 2.35. The molecule has 4 nitrogen and oxygen atoms in total. The maximum atomic E-state index is 5.30. The van der Waals surface area contributed by atoms with Crippen molar-refractivity contribution < 1.29 is 4.74 Å². The summed E-state index contributed by atoms with van der Waals surface area (Å²) >= 11 is 4.80. The van der Waals surface area contributed by atoms with E-state index in [1.165, 1.54) is 17.8 Å². The minimum Gasteiger partial charge on any atom is -0.381 e. The lowest BCUT2D eigenvalue weighted by molar-refractivity contribution is 0.185. The van der Waals surface area contributed by atoms with Gasteiger partial charge in [-0.25, -0.2) is 0 Å². The van der Waals surface area contributed by atoms with Crippen molar-refractivity contribution in [1.82, 2.24) is 10.2 Å². The van der Waals surface area contributed by atoms with Crippen LogP contribution < -0.4 is 5.32 Å². The smallest absolute Gasteiger partial charge is 0.206 e. The molecule has 1 fully saturated rings. The molecule has 2 heterocycles. The van der Waals surface area contributed by atoms with Crippen LogP contribution in [0.5, 0.6) is 0 Å². The Morgan fingerprint density at radius 3 is 3.14 bits per heavy atom. The number of rotatable bonds is 4. The fraction of sp³-hybridized carbons (Fsp3) is 0.750. The lowest BCUT2D eigenvalue weighted by Gasteiger charge is -2.06. The highest BCUT2D eigenvalue weighted by Gasteiger charge is 2.14. The summed E-state index contributed by atoms with van der Waals surface area (Å²) in [5.74, 6) is 0.721. The quantitative estimate of drug-likeness (QED) is 0.916. The summed E-state index contributed by atoms with van der Waals surface area (Å²) in [5, 5.41) is 12.0. The van der Waals surface area contributed by atoms with Crippen LogP contribution in [0.2, 0.25) is 0 Å². The predicted molar refractivity (Wildman–Crippen MR) is 59.6 cm³/mol. The molecule has 1 N–H and O–H groups in total. The molecule has 1 unspecified atom stereocenters. The van der Waals surface area contributed by atoms with Crippen molar-refractivity contribution in [3.05, 3.63) is 3.92 Å². The maximum absolute atomic E-state index is 5.30. The highest BCUT2D eigenvalue weighted by molar-refractivity contribution is 9.11. The normalized spacial score (nSPS) is 21.4. The third kappa shape index (κ3) is 2.90. The molecular weight excluding hydrogens is 266 g/mol. The molecule has 0 bridgehead atoms. The number of hydrogen-bond donors (Lipinski definition) is 1. The largest absolute Gasteiger partial charge is 0.381 e. The second-order valence-electron chi connectivity index (χ2n) is 3.31. The van der Waals surface area contributed by atoms with E-state index < -0.39 is 0 Å². The number of anilines is 1. The lowest BCUT2D eigenvalue weighted by Crippen LogP contribution is -2.08. The number of nitrogens with one attached hydrogen (secondary N) is 1. The van der Waals surface area contributed by atoms with Crippen molar-refractivity contribution >= 4 is 32.4 Å². The molecule has 1 saturated heterocycles. The van der Waals surface area contributed by atoms with E-state index in [9.17, 15) is 0 Å². The SMILES string of the molecule is Brc1nnc(NCCC2CCOC2)s1. The fourth-order valence-electron chi connectivity index (χ4n) is 1.47. The number of aromatic nitrogens is 2. The molecule has 1 aliphatic rings. The summed E-state index contributed by atoms with van der Waals surface area (Å²) in [4.78, 5) is 0. The van der Waals surface area contributed by atoms with Gasteiger partial charge < -0.3 is 10.1 Å². The Bertz CT molecular complexity index is 288. The van der Waals surface area contributed by atoms with Crippen LogP contribution in [-0.2, 0) is 4.74 Å². The molecular formula is C8H12BrN3OS. The molecule has 1 atom stereocenters. The van der Waals surface area contributed by atoms with E-state index in [4.69, 9.17) is 4.74 Å². The van der Waals surface area contributed by atoms with E-state index >= 15 is 0 Å². The minimum absolute atomic E-state index is 0.721. The van der Waals surface area contributed by atoms with Crippen molar-refractivity contribution in [2.45, 2.75) is 12.8 Å². The molecule has 0 amide bonds. The van der Waals surface area contributed by atoms with E-state index in [2.05, 4.69) is 31.4 Å². The summed E-state index contributed by atoms with van der Waals surface area (Å²) in [6, 6.07) is 0. The van der Waals surface area contributed by atoms with Gasteiger partial charge in [0.25, 0.3) is 0 Å². The summed E-state index contributed by atoms with van der Waals surface area (Å²) in [6.45, 7) is 2.80. The van der Waals surface area contributed by atoms with Gasteiger partial charge in [0.2, 0.25) is 5.13 Å². The number of ether oxygens (including phenoxy) is 1. The molecule has 78 valence electrons. The van der Waals surface area contributed by atoms with Gasteiger partial charge in [0.05, 0.1) is 0 Å². The second-order valence-corrected chi connectivity index (χ2v) is 5.56. The molecule has 1 aromatic heterocycles. The van der Waals surface area contributed by atoms with Crippen molar-refractivity contribution in [1.29, 1.82) is 0 Å². The average molecular weight is 278 g/mol. The molecule has 14 heavy (non-hydrogen) atoms. The van der Waals surface area contributed by atoms with Gasteiger partial charge in [0.15, 0.2) is 3.92 Å². The molecule has 0 aromatic carbocycles. The molecule has 1 aliphatic heterocycles. The first kappa shape index (κ1) is 10.3. The van der Waals surface area contributed by atoms with Gasteiger partial charge in [0.1, 0.15) is 0 Å². The maximum Gasteiger partial charge on any atom is 0.206 e. The van der Waals surface area contributed by atoms with E-state index in [0.29, 0.717) is 0 Å². The molecule has 6 heteroatoms. The van der Waals surface area contributed by atoms with Gasteiger partial charge in [-0.1, -0.05) is 11.3 Å². The standard InChI is InChI=1S/C8H12BrN3OS/c9-7-11-12-8(14-7)10-3-1-6-2-4-13-5-6/h6H,1-5H2,(H,10,12). The van der Waals surface area contributed by atoms with Gasteiger partial charge in [0, 0.05) is 19.8 Å². The average Bonchev–Trinajstić information content (AvgIpc) is 2.77. The Labute approximate surface area is 95.2 Å².